The summed E-state index contributed by atoms with van der Waals surface area (Å²) in [4.78, 5) is 17.8. The van der Waals surface area contributed by atoms with E-state index in [0.717, 1.165) is 6.07 Å². The zero-order valence-corrected chi connectivity index (χ0v) is 17.8. The second-order valence-corrected chi connectivity index (χ2v) is 5.80. The van der Waals surface area contributed by atoms with E-state index >= 15 is 0 Å². The van der Waals surface area contributed by atoms with Crippen molar-refractivity contribution in [3.8, 4) is 22.4 Å². The Balaban J connectivity index is 0.000000272. The molecule has 4 rings (SSSR count). The van der Waals surface area contributed by atoms with Gasteiger partial charge in [0.25, 0.3) is 0 Å². The molecule has 0 aliphatic heterocycles. The van der Waals surface area contributed by atoms with Gasteiger partial charge in [-0.25, -0.2) is 9.78 Å². The van der Waals surface area contributed by atoms with E-state index in [9.17, 15) is 13.6 Å². The maximum absolute atomic E-state index is 14.6. The van der Waals surface area contributed by atoms with Crippen molar-refractivity contribution < 1.29 is 38.8 Å². The van der Waals surface area contributed by atoms with Crippen LogP contribution >= 0.6 is 0 Å². The van der Waals surface area contributed by atoms with Crippen LogP contribution in [0.5, 0.6) is 0 Å². The van der Waals surface area contributed by atoms with Crippen LogP contribution in [0.1, 0.15) is 10.5 Å². The standard InChI is InChI=1S/C17H10F2N.C6H5NO2.Ir/c18-14-10-9-13(15-8-4-5-11-20-15)17(19)16(14)12-6-2-1-3-7-12;8-6(9)5-3-1-2-4-7-5;/h1-8,10-11H;1-4H,(H,8,9);/q-1;;. The van der Waals surface area contributed by atoms with E-state index in [0.29, 0.717) is 11.3 Å². The maximum atomic E-state index is 14.6. The van der Waals surface area contributed by atoms with Gasteiger partial charge >= 0.3 is 5.97 Å². The fourth-order valence-electron chi connectivity index (χ4n) is 2.56. The molecule has 0 atom stereocenters. The summed E-state index contributed by atoms with van der Waals surface area (Å²) in [5, 5.41) is 8.32. The minimum absolute atomic E-state index is 0. The van der Waals surface area contributed by atoms with E-state index < -0.39 is 17.6 Å². The third-order valence-corrected chi connectivity index (χ3v) is 3.89. The summed E-state index contributed by atoms with van der Waals surface area (Å²) in [6, 6.07) is 22.3. The number of carbonyl (C=O) groups is 1. The molecule has 0 fully saturated rings. The summed E-state index contributed by atoms with van der Waals surface area (Å²) < 4.78 is 28.5. The molecule has 0 aliphatic carbocycles. The van der Waals surface area contributed by atoms with Crippen LogP contribution in [0.25, 0.3) is 22.4 Å². The molecule has 0 saturated carbocycles. The molecule has 0 saturated heterocycles. The van der Waals surface area contributed by atoms with Crippen LogP contribution in [0.15, 0.2) is 85.2 Å². The monoisotopic (exact) mass is 582 g/mol. The van der Waals surface area contributed by atoms with Crippen molar-refractivity contribution in [1.29, 1.82) is 0 Å². The largest absolute Gasteiger partial charge is 0.477 e. The van der Waals surface area contributed by atoms with Gasteiger partial charge in [0.15, 0.2) is 0 Å². The predicted octanol–water partition coefficient (Wildman–Crippen LogP) is 5.27. The molecule has 2 aromatic carbocycles. The maximum Gasteiger partial charge on any atom is 0.354 e. The zero-order valence-electron chi connectivity index (χ0n) is 15.4. The van der Waals surface area contributed by atoms with E-state index in [4.69, 9.17) is 5.11 Å². The number of carboxylic acids is 1. The molecule has 4 nitrogen and oxygen atoms in total. The zero-order chi connectivity index (χ0) is 20.6. The molecule has 2 heterocycles. The molecule has 1 radical (unpaired) electrons. The van der Waals surface area contributed by atoms with E-state index in [2.05, 4.69) is 16.0 Å². The molecular weight excluding hydrogens is 566 g/mol. The van der Waals surface area contributed by atoms with Crippen molar-refractivity contribution in [1.82, 2.24) is 9.97 Å². The number of aromatic nitrogens is 2. The van der Waals surface area contributed by atoms with Crippen LogP contribution in [0.3, 0.4) is 0 Å². The van der Waals surface area contributed by atoms with E-state index in [1.165, 1.54) is 12.3 Å². The third kappa shape index (κ3) is 5.63. The Morgan fingerprint density at radius 2 is 1.50 bits per heavy atom. The van der Waals surface area contributed by atoms with E-state index in [1.54, 1.807) is 66.9 Å². The van der Waals surface area contributed by atoms with Gasteiger partial charge in [0.1, 0.15) is 5.69 Å². The first-order chi connectivity index (χ1) is 14.1. The Morgan fingerprint density at radius 3 is 2.03 bits per heavy atom. The minimum atomic E-state index is -0.990. The topological polar surface area (TPSA) is 63.1 Å². The van der Waals surface area contributed by atoms with Gasteiger partial charge in [0.2, 0.25) is 0 Å². The van der Waals surface area contributed by atoms with Crippen LogP contribution in [0.4, 0.5) is 8.78 Å². The second-order valence-electron chi connectivity index (χ2n) is 5.80. The van der Waals surface area contributed by atoms with Crippen molar-refractivity contribution in [2.75, 3.05) is 0 Å². The van der Waals surface area contributed by atoms with Crippen molar-refractivity contribution in [2.24, 2.45) is 0 Å². The number of hydrogen-bond donors (Lipinski definition) is 1. The first kappa shape index (κ1) is 23.0. The molecule has 30 heavy (non-hydrogen) atoms. The van der Waals surface area contributed by atoms with Gasteiger partial charge in [0.05, 0.1) is 0 Å². The van der Waals surface area contributed by atoms with Crippen molar-refractivity contribution in [3.63, 3.8) is 0 Å². The first-order valence-electron chi connectivity index (χ1n) is 8.58. The van der Waals surface area contributed by atoms with Gasteiger partial charge in [-0.05, 0) is 35.0 Å². The number of carboxylic acid groups (broad SMARTS) is 1. The van der Waals surface area contributed by atoms with Crippen LogP contribution in [0.2, 0.25) is 0 Å². The molecule has 7 heteroatoms. The normalized spacial score (nSPS) is 9.67. The third-order valence-electron chi connectivity index (χ3n) is 3.89. The number of nitrogens with zero attached hydrogens (tertiary/aromatic N) is 2. The molecule has 0 spiro atoms. The minimum Gasteiger partial charge on any atom is -0.477 e. The van der Waals surface area contributed by atoms with Crippen molar-refractivity contribution in [2.45, 2.75) is 0 Å². The van der Waals surface area contributed by atoms with E-state index in [1.807, 2.05) is 0 Å². The molecule has 153 valence electrons. The van der Waals surface area contributed by atoms with Gasteiger partial charge in [-0.1, -0.05) is 54.1 Å². The Hall–Kier alpha value is -3.28. The summed E-state index contributed by atoms with van der Waals surface area (Å²) in [7, 11) is 0. The number of halogens is 2. The van der Waals surface area contributed by atoms with Gasteiger partial charge in [-0.3, -0.25) is 8.78 Å². The smallest absolute Gasteiger partial charge is 0.354 e. The van der Waals surface area contributed by atoms with Crippen molar-refractivity contribution in [3.05, 3.63) is 109 Å². The fraction of sp³-hybridized carbons (Fsp3) is 0. The van der Waals surface area contributed by atoms with Crippen LogP contribution in [0, 0.1) is 17.7 Å². The van der Waals surface area contributed by atoms with Crippen LogP contribution < -0.4 is 0 Å². The Kier molecular flexibility index (Phi) is 8.47. The summed E-state index contributed by atoms with van der Waals surface area (Å²) >= 11 is 0. The number of pyridine rings is 2. The summed E-state index contributed by atoms with van der Waals surface area (Å²) in [6.45, 7) is 0. The molecular formula is C23H15F2IrN2O2-. The van der Waals surface area contributed by atoms with Crippen molar-refractivity contribution >= 4 is 5.97 Å². The molecule has 0 aliphatic rings. The molecule has 4 aromatic rings. The molecule has 0 unspecified atom stereocenters. The number of aromatic carboxylic acids is 1. The fourth-order valence-corrected chi connectivity index (χ4v) is 2.56. The SMILES string of the molecule is Fc1c[c-]c(-c2ccccn2)c(F)c1-c1ccccc1.O=C(O)c1ccccn1.[Ir]. The van der Waals surface area contributed by atoms with E-state index in [-0.39, 0.29) is 36.9 Å². The second kappa shape index (κ2) is 11.0. The summed E-state index contributed by atoms with van der Waals surface area (Å²) in [6.07, 6.45) is 3.01. The summed E-state index contributed by atoms with van der Waals surface area (Å²) in [5.74, 6) is -2.26. The predicted molar refractivity (Wildman–Crippen MR) is 105 cm³/mol. The Morgan fingerprint density at radius 1 is 0.867 bits per heavy atom. The van der Waals surface area contributed by atoms with Crippen LogP contribution in [-0.4, -0.2) is 21.0 Å². The Labute approximate surface area is 185 Å². The first-order valence-corrected chi connectivity index (χ1v) is 8.58. The van der Waals surface area contributed by atoms with Gasteiger partial charge in [0, 0.05) is 44.1 Å². The molecule has 0 bridgehead atoms. The molecule has 0 amide bonds. The summed E-state index contributed by atoms with van der Waals surface area (Å²) in [5.41, 5.74) is 1.13. The average molecular weight is 582 g/mol. The number of rotatable bonds is 3. The van der Waals surface area contributed by atoms with Gasteiger partial charge in [-0.15, -0.1) is 12.1 Å². The molecule has 2 aromatic heterocycles. The number of benzene rings is 2. The van der Waals surface area contributed by atoms with Gasteiger partial charge in [-0.2, -0.15) is 0 Å². The van der Waals surface area contributed by atoms with Gasteiger partial charge < -0.3 is 10.1 Å². The number of hydrogen-bond acceptors (Lipinski definition) is 3. The Bertz CT molecular complexity index is 1100. The quantitative estimate of drug-likeness (QED) is 0.335. The molecule has 1 N–H and O–H groups in total. The van der Waals surface area contributed by atoms with Crippen LogP contribution in [-0.2, 0) is 20.1 Å². The average Bonchev–Trinajstić information content (AvgIpc) is 2.76.